The van der Waals surface area contributed by atoms with Crippen molar-refractivity contribution in [1.82, 2.24) is 19.9 Å². The lowest BCUT2D eigenvalue weighted by atomic mass is 10.1. The number of hydrogen-bond donors (Lipinski definition) is 2. The van der Waals surface area contributed by atoms with Crippen LogP contribution in [-0.4, -0.2) is 50.2 Å². The van der Waals surface area contributed by atoms with E-state index in [2.05, 4.69) is 62.1 Å². The molecule has 1 fully saturated rings. The fraction of sp³-hybridized carbons (Fsp3) is 0.231. The number of nitrogens with zero attached hydrogens (tertiary/aromatic N) is 4. The molecule has 0 saturated carbocycles. The summed E-state index contributed by atoms with van der Waals surface area (Å²) in [6.07, 6.45) is 4.14. The number of benzene rings is 2. The summed E-state index contributed by atoms with van der Waals surface area (Å²) in [6, 6.07) is 15.9. The highest BCUT2D eigenvalue weighted by molar-refractivity contribution is 14.1. The molecule has 1 aliphatic rings. The number of nitrogens with one attached hydrogen (secondary N) is 1. The zero-order chi connectivity index (χ0) is 24.4. The number of fused-ring (bicyclic) bond motifs is 1. The summed E-state index contributed by atoms with van der Waals surface area (Å²) in [4.78, 5) is 26.3. The number of amides is 1. The molecule has 0 radical (unpaired) electrons. The summed E-state index contributed by atoms with van der Waals surface area (Å²) in [5.41, 5.74) is 2.43. The first-order valence-corrected chi connectivity index (χ1v) is 12.5. The molecule has 0 aliphatic carbocycles. The second-order valence-electron chi connectivity index (χ2n) is 8.48. The number of rotatable bonds is 5. The zero-order valence-corrected chi connectivity index (χ0v) is 21.3. The first kappa shape index (κ1) is 23.3. The molecule has 0 spiro atoms. The van der Waals surface area contributed by atoms with Gasteiger partial charge in [-0.1, -0.05) is 24.3 Å². The summed E-state index contributed by atoms with van der Waals surface area (Å²) in [7, 11) is 0. The van der Waals surface area contributed by atoms with Crippen molar-refractivity contribution in [1.29, 1.82) is 0 Å². The molecule has 2 aromatic carbocycles. The lowest BCUT2D eigenvalue weighted by molar-refractivity contribution is 0.132. The van der Waals surface area contributed by atoms with Gasteiger partial charge in [0, 0.05) is 40.5 Å². The van der Waals surface area contributed by atoms with Gasteiger partial charge in [0.1, 0.15) is 5.75 Å². The van der Waals surface area contributed by atoms with Crippen LogP contribution in [0.4, 0.5) is 10.7 Å². The second-order valence-corrected chi connectivity index (χ2v) is 9.64. The Kier molecular flexibility index (Phi) is 6.67. The molecule has 2 aromatic heterocycles. The quantitative estimate of drug-likeness (QED) is 0.281. The Labute approximate surface area is 216 Å². The molecule has 2 N–H and O–H groups in total. The van der Waals surface area contributed by atoms with Gasteiger partial charge in [0.15, 0.2) is 0 Å². The Morgan fingerprint density at radius 1 is 1.11 bits per heavy atom. The Bertz CT molecular complexity index is 1400. The highest BCUT2D eigenvalue weighted by Crippen LogP contribution is 2.37. The first-order valence-electron chi connectivity index (χ1n) is 11.4. The average Bonchev–Trinajstić information content (AvgIpc) is 2.86. The molecule has 0 bridgehead atoms. The fourth-order valence-corrected chi connectivity index (χ4v) is 5.01. The lowest BCUT2D eigenvalue weighted by Crippen LogP contribution is -2.44. The number of aromatic nitrogens is 3. The third kappa shape index (κ3) is 5.00. The third-order valence-electron chi connectivity index (χ3n) is 6.08. The van der Waals surface area contributed by atoms with Crippen LogP contribution in [0.3, 0.4) is 0 Å². The number of carboxylic acid groups (broad SMARTS) is 1. The Morgan fingerprint density at radius 2 is 2.00 bits per heavy atom. The highest BCUT2D eigenvalue weighted by Gasteiger charge is 2.24. The molecule has 5 rings (SSSR count). The van der Waals surface area contributed by atoms with E-state index in [-0.39, 0.29) is 6.04 Å². The molecule has 1 saturated heterocycles. The lowest BCUT2D eigenvalue weighted by Gasteiger charge is -2.31. The SMILES string of the molecule is Cc1ccc2c(I)cccc2c1Oc1ncccc1-c1ccnc(N[C@H]2CCCN(C(=O)O)C2)n1. The van der Waals surface area contributed by atoms with Gasteiger partial charge < -0.3 is 20.1 Å². The minimum Gasteiger partial charge on any atom is -0.465 e. The number of aryl methyl sites for hydroxylation is 1. The van der Waals surface area contributed by atoms with E-state index in [4.69, 9.17) is 9.72 Å². The van der Waals surface area contributed by atoms with Gasteiger partial charge in [-0.15, -0.1) is 0 Å². The molecule has 8 nitrogen and oxygen atoms in total. The maximum Gasteiger partial charge on any atom is 0.407 e. The van der Waals surface area contributed by atoms with Crippen LogP contribution in [0.2, 0.25) is 0 Å². The smallest absolute Gasteiger partial charge is 0.407 e. The van der Waals surface area contributed by atoms with Crippen LogP contribution < -0.4 is 10.1 Å². The van der Waals surface area contributed by atoms with E-state index in [1.54, 1.807) is 12.4 Å². The monoisotopic (exact) mass is 581 g/mol. The predicted octanol–water partition coefficient (Wildman–Crippen LogP) is 5.95. The minimum atomic E-state index is -0.901. The normalized spacial score (nSPS) is 15.7. The molecule has 1 amide bonds. The molecular weight excluding hydrogens is 557 g/mol. The highest BCUT2D eigenvalue weighted by atomic mass is 127. The second kappa shape index (κ2) is 10.0. The standard InChI is InChI=1S/C26H24IN5O3/c1-16-9-10-18-19(6-2-8-21(18)27)23(16)35-24-20(7-3-12-28-24)22-11-13-29-25(31-22)30-17-5-4-14-32(15-17)26(33)34/h2-3,6-13,17H,4-5,14-15H2,1H3,(H,33,34)(H,29,30,31)/t17-/m0/s1. The van der Waals surface area contributed by atoms with Gasteiger partial charge in [-0.05, 0) is 77.6 Å². The van der Waals surface area contributed by atoms with Crippen molar-refractivity contribution in [3.63, 3.8) is 0 Å². The van der Waals surface area contributed by atoms with Crippen LogP contribution in [0.15, 0.2) is 60.9 Å². The van der Waals surface area contributed by atoms with Gasteiger partial charge in [0.25, 0.3) is 0 Å². The van der Waals surface area contributed by atoms with Crippen molar-refractivity contribution in [3.8, 4) is 22.9 Å². The van der Waals surface area contributed by atoms with Crippen molar-refractivity contribution < 1.29 is 14.6 Å². The molecule has 0 unspecified atom stereocenters. The topological polar surface area (TPSA) is 100 Å². The van der Waals surface area contributed by atoms with E-state index in [0.717, 1.165) is 44.1 Å². The maximum absolute atomic E-state index is 11.3. The number of anilines is 1. The fourth-order valence-electron chi connectivity index (χ4n) is 4.33. The molecular formula is C26H24IN5O3. The van der Waals surface area contributed by atoms with Crippen LogP contribution in [-0.2, 0) is 0 Å². The van der Waals surface area contributed by atoms with Crippen LogP contribution in [0.25, 0.3) is 22.0 Å². The summed E-state index contributed by atoms with van der Waals surface area (Å²) in [6.45, 7) is 2.98. The molecule has 9 heteroatoms. The average molecular weight is 581 g/mol. The molecule has 4 aromatic rings. The molecule has 3 heterocycles. The van der Waals surface area contributed by atoms with Crippen molar-refractivity contribution in [2.75, 3.05) is 18.4 Å². The van der Waals surface area contributed by atoms with Crippen LogP contribution in [0.1, 0.15) is 18.4 Å². The van der Waals surface area contributed by atoms with Gasteiger partial charge in [-0.3, -0.25) is 0 Å². The molecule has 35 heavy (non-hydrogen) atoms. The van der Waals surface area contributed by atoms with Gasteiger partial charge in [0.2, 0.25) is 11.8 Å². The first-order chi connectivity index (χ1) is 17.0. The van der Waals surface area contributed by atoms with Gasteiger partial charge >= 0.3 is 6.09 Å². The Balaban J connectivity index is 1.45. The van der Waals surface area contributed by atoms with Gasteiger partial charge in [-0.25, -0.2) is 19.7 Å². The number of likely N-dealkylation sites (tertiary alicyclic amines) is 1. The summed E-state index contributed by atoms with van der Waals surface area (Å²) >= 11 is 2.33. The van der Waals surface area contributed by atoms with Gasteiger partial charge in [-0.2, -0.15) is 0 Å². The number of piperidine rings is 1. The summed E-state index contributed by atoms with van der Waals surface area (Å²) in [5.74, 6) is 1.68. The Morgan fingerprint density at radius 3 is 2.86 bits per heavy atom. The van der Waals surface area contributed by atoms with E-state index >= 15 is 0 Å². The summed E-state index contributed by atoms with van der Waals surface area (Å²) in [5, 5.41) is 14.8. The number of ether oxygens (including phenoxy) is 1. The van der Waals surface area contributed by atoms with Crippen LogP contribution in [0.5, 0.6) is 11.6 Å². The molecule has 178 valence electrons. The Hall–Kier alpha value is -3.47. The minimum absolute atomic E-state index is 0.0412. The zero-order valence-electron chi connectivity index (χ0n) is 19.1. The van der Waals surface area contributed by atoms with Crippen LogP contribution in [0, 0.1) is 10.5 Å². The van der Waals surface area contributed by atoms with Crippen LogP contribution >= 0.6 is 22.6 Å². The molecule has 1 atom stereocenters. The largest absolute Gasteiger partial charge is 0.465 e. The number of halogens is 1. The van der Waals surface area contributed by atoms with E-state index in [1.165, 1.54) is 4.90 Å². The van der Waals surface area contributed by atoms with E-state index < -0.39 is 6.09 Å². The summed E-state index contributed by atoms with van der Waals surface area (Å²) < 4.78 is 7.58. The predicted molar refractivity (Wildman–Crippen MR) is 143 cm³/mol. The van der Waals surface area contributed by atoms with E-state index in [1.807, 2.05) is 31.2 Å². The third-order valence-corrected chi connectivity index (χ3v) is 7.02. The molecule has 1 aliphatic heterocycles. The van der Waals surface area contributed by atoms with E-state index in [9.17, 15) is 9.90 Å². The van der Waals surface area contributed by atoms with Crippen molar-refractivity contribution in [3.05, 3.63) is 70.1 Å². The maximum atomic E-state index is 11.3. The van der Waals surface area contributed by atoms with Crippen molar-refractivity contribution >= 4 is 45.4 Å². The van der Waals surface area contributed by atoms with Gasteiger partial charge in [0.05, 0.1) is 11.3 Å². The van der Waals surface area contributed by atoms with Crippen molar-refractivity contribution in [2.24, 2.45) is 0 Å². The van der Waals surface area contributed by atoms with E-state index in [0.29, 0.717) is 30.6 Å². The number of pyridine rings is 1. The number of carbonyl (C=O) groups is 1. The van der Waals surface area contributed by atoms with Crippen molar-refractivity contribution in [2.45, 2.75) is 25.8 Å². The number of hydrogen-bond acceptors (Lipinski definition) is 6.